The zero-order valence-corrected chi connectivity index (χ0v) is 10.5. The van der Waals surface area contributed by atoms with Crippen molar-refractivity contribution in [3.8, 4) is 11.5 Å². The summed E-state index contributed by atoms with van der Waals surface area (Å²) in [5, 5.41) is 3.32. The zero-order chi connectivity index (χ0) is 12.5. The number of nitrogens with one attached hydrogen (secondary N) is 1. The molecule has 0 saturated heterocycles. The number of hydrogen-bond acceptors (Lipinski definition) is 5. The monoisotopic (exact) mass is 241 g/mol. The summed E-state index contributed by atoms with van der Waals surface area (Å²) >= 11 is 0. The molecule has 3 heterocycles. The third-order valence-corrected chi connectivity index (χ3v) is 3.06. The minimum absolute atomic E-state index is 0.386. The molecular weight excluding hydrogens is 226 g/mol. The van der Waals surface area contributed by atoms with Crippen LogP contribution >= 0.6 is 0 Å². The Labute approximate surface area is 106 Å². The highest BCUT2D eigenvalue weighted by Gasteiger charge is 2.21. The average molecular weight is 241 g/mol. The van der Waals surface area contributed by atoms with E-state index in [1.54, 1.807) is 18.6 Å². The van der Waals surface area contributed by atoms with Crippen molar-refractivity contribution in [2.75, 3.05) is 0 Å². The lowest BCUT2D eigenvalue weighted by molar-refractivity contribution is 0.746. The maximum atomic E-state index is 4.66. The molecule has 0 spiro atoms. The van der Waals surface area contributed by atoms with Gasteiger partial charge in [-0.25, -0.2) is 15.0 Å². The first-order chi connectivity index (χ1) is 8.75. The van der Waals surface area contributed by atoms with E-state index >= 15 is 0 Å². The largest absolute Gasteiger partial charge is 0.307 e. The molecule has 92 valence electrons. The standard InChI is InChI=1S/C13H15N5/c1-8(2)12-9-5-15-6-10(9)17-13(18-12)11-7-14-3-4-16-11/h3-4,7-8,15H,5-6H2,1-2H3. The van der Waals surface area contributed by atoms with E-state index in [-0.39, 0.29) is 0 Å². The minimum atomic E-state index is 0.386. The minimum Gasteiger partial charge on any atom is -0.307 e. The summed E-state index contributed by atoms with van der Waals surface area (Å²) in [5.74, 6) is 1.06. The molecule has 0 aliphatic carbocycles. The smallest absolute Gasteiger partial charge is 0.180 e. The van der Waals surface area contributed by atoms with Crippen LogP contribution in [0.3, 0.4) is 0 Å². The Hall–Kier alpha value is -1.88. The molecular formula is C13H15N5. The van der Waals surface area contributed by atoms with E-state index in [0.717, 1.165) is 30.2 Å². The van der Waals surface area contributed by atoms with Crippen molar-refractivity contribution in [1.29, 1.82) is 0 Å². The van der Waals surface area contributed by atoms with Crippen LogP contribution in [0.1, 0.15) is 36.7 Å². The van der Waals surface area contributed by atoms with Crippen molar-refractivity contribution in [2.24, 2.45) is 0 Å². The summed E-state index contributed by atoms with van der Waals surface area (Å²) in [4.78, 5) is 17.6. The van der Waals surface area contributed by atoms with E-state index in [1.807, 2.05) is 0 Å². The average Bonchev–Trinajstić information content (AvgIpc) is 2.86. The Bertz CT molecular complexity index is 565. The molecule has 0 atom stereocenters. The molecule has 3 rings (SSSR count). The second kappa shape index (κ2) is 4.42. The van der Waals surface area contributed by atoms with Crippen LogP contribution in [-0.4, -0.2) is 19.9 Å². The van der Waals surface area contributed by atoms with Crippen LogP contribution in [0.15, 0.2) is 18.6 Å². The maximum Gasteiger partial charge on any atom is 0.180 e. The molecule has 0 fully saturated rings. The highest BCUT2D eigenvalue weighted by Crippen LogP contribution is 2.25. The van der Waals surface area contributed by atoms with Crippen molar-refractivity contribution < 1.29 is 0 Å². The molecule has 0 saturated carbocycles. The molecule has 2 aromatic rings. The second-order valence-electron chi connectivity index (χ2n) is 4.71. The van der Waals surface area contributed by atoms with Gasteiger partial charge in [-0.05, 0) is 5.92 Å². The fraction of sp³-hybridized carbons (Fsp3) is 0.385. The molecule has 1 aliphatic rings. The SMILES string of the molecule is CC(C)c1nc(-c2cnccn2)nc2c1CNC2. The predicted octanol–water partition coefficient (Wildman–Crippen LogP) is 1.66. The summed E-state index contributed by atoms with van der Waals surface area (Å²) in [7, 11) is 0. The van der Waals surface area contributed by atoms with Crippen molar-refractivity contribution in [3.63, 3.8) is 0 Å². The number of hydrogen-bond donors (Lipinski definition) is 1. The molecule has 1 aliphatic heterocycles. The molecule has 0 radical (unpaired) electrons. The van der Waals surface area contributed by atoms with Gasteiger partial charge < -0.3 is 5.32 Å². The predicted molar refractivity (Wildman–Crippen MR) is 67.7 cm³/mol. The lowest BCUT2D eigenvalue weighted by Crippen LogP contribution is -2.06. The molecule has 0 unspecified atom stereocenters. The van der Waals surface area contributed by atoms with E-state index in [1.165, 1.54) is 5.56 Å². The molecule has 0 bridgehead atoms. The van der Waals surface area contributed by atoms with Crippen LogP contribution in [0.25, 0.3) is 11.5 Å². The van der Waals surface area contributed by atoms with Gasteiger partial charge >= 0.3 is 0 Å². The molecule has 5 heteroatoms. The third kappa shape index (κ3) is 1.86. The Morgan fingerprint density at radius 2 is 2.06 bits per heavy atom. The van der Waals surface area contributed by atoms with E-state index in [0.29, 0.717) is 11.7 Å². The lowest BCUT2D eigenvalue weighted by atomic mass is 10.0. The van der Waals surface area contributed by atoms with Crippen molar-refractivity contribution in [2.45, 2.75) is 32.9 Å². The zero-order valence-electron chi connectivity index (χ0n) is 10.5. The molecule has 2 aromatic heterocycles. The summed E-state index contributed by atoms with van der Waals surface area (Å²) in [5.41, 5.74) is 4.19. The fourth-order valence-corrected chi connectivity index (χ4v) is 2.20. The van der Waals surface area contributed by atoms with Crippen LogP contribution < -0.4 is 5.32 Å². The Morgan fingerprint density at radius 1 is 1.17 bits per heavy atom. The van der Waals surface area contributed by atoms with Gasteiger partial charge in [0.25, 0.3) is 0 Å². The second-order valence-corrected chi connectivity index (χ2v) is 4.71. The Balaban J connectivity index is 2.15. The van der Waals surface area contributed by atoms with E-state index in [2.05, 4.69) is 39.1 Å². The normalized spacial score (nSPS) is 13.9. The summed E-state index contributed by atoms with van der Waals surface area (Å²) in [6.07, 6.45) is 5.02. The van der Waals surface area contributed by atoms with Crippen LogP contribution in [0.2, 0.25) is 0 Å². The van der Waals surface area contributed by atoms with Gasteiger partial charge in [0.05, 0.1) is 17.6 Å². The lowest BCUT2D eigenvalue weighted by Gasteiger charge is -2.11. The number of nitrogens with zero attached hydrogens (tertiary/aromatic N) is 4. The maximum absolute atomic E-state index is 4.66. The molecule has 1 N–H and O–H groups in total. The Kier molecular flexibility index (Phi) is 2.76. The van der Waals surface area contributed by atoms with Gasteiger partial charge in [0.1, 0.15) is 5.69 Å². The third-order valence-electron chi connectivity index (χ3n) is 3.06. The Morgan fingerprint density at radius 3 is 2.78 bits per heavy atom. The van der Waals surface area contributed by atoms with Crippen LogP contribution in [-0.2, 0) is 13.1 Å². The van der Waals surface area contributed by atoms with Gasteiger partial charge in [-0.15, -0.1) is 0 Å². The van der Waals surface area contributed by atoms with Crippen molar-refractivity contribution in [1.82, 2.24) is 25.3 Å². The van der Waals surface area contributed by atoms with Crippen LogP contribution in [0.5, 0.6) is 0 Å². The molecule has 18 heavy (non-hydrogen) atoms. The van der Waals surface area contributed by atoms with E-state index in [4.69, 9.17) is 0 Å². The number of rotatable bonds is 2. The summed E-state index contributed by atoms with van der Waals surface area (Å²) in [6.45, 7) is 5.98. The summed E-state index contributed by atoms with van der Waals surface area (Å²) in [6, 6.07) is 0. The molecule has 5 nitrogen and oxygen atoms in total. The van der Waals surface area contributed by atoms with Gasteiger partial charge in [0.2, 0.25) is 0 Å². The van der Waals surface area contributed by atoms with Crippen LogP contribution in [0.4, 0.5) is 0 Å². The van der Waals surface area contributed by atoms with Gasteiger partial charge in [0.15, 0.2) is 5.82 Å². The van der Waals surface area contributed by atoms with E-state index in [9.17, 15) is 0 Å². The highest BCUT2D eigenvalue weighted by molar-refractivity contribution is 5.49. The first-order valence-corrected chi connectivity index (χ1v) is 6.12. The first kappa shape index (κ1) is 11.2. The van der Waals surface area contributed by atoms with Crippen molar-refractivity contribution >= 4 is 0 Å². The number of fused-ring (bicyclic) bond motifs is 1. The van der Waals surface area contributed by atoms with Gasteiger partial charge in [-0.3, -0.25) is 4.98 Å². The van der Waals surface area contributed by atoms with Gasteiger partial charge in [-0.1, -0.05) is 13.8 Å². The van der Waals surface area contributed by atoms with Crippen molar-refractivity contribution in [3.05, 3.63) is 35.5 Å². The fourth-order valence-electron chi connectivity index (χ4n) is 2.20. The quantitative estimate of drug-likeness (QED) is 0.866. The molecule has 0 amide bonds. The number of aromatic nitrogens is 4. The first-order valence-electron chi connectivity index (χ1n) is 6.12. The van der Waals surface area contributed by atoms with Gasteiger partial charge in [-0.2, -0.15) is 0 Å². The summed E-state index contributed by atoms with van der Waals surface area (Å²) < 4.78 is 0. The topological polar surface area (TPSA) is 63.6 Å². The van der Waals surface area contributed by atoms with E-state index < -0.39 is 0 Å². The molecule has 0 aromatic carbocycles. The van der Waals surface area contributed by atoms with Crippen LogP contribution in [0, 0.1) is 0 Å². The highest BCUT2D eigenvalue weighted by atomic mass is 15.0. The van der Waals surface area contributed by atoms with Gasteiger partial charge in [0, 0.05) is 31.0 Å².